The van der Waals surface area contributed by atoms with E-state index >= 15 is 0 Å². The Balaban J connectivity index is 1.74. The monoisotopic (exact) mass is 291 g/mol. The summed E-state index contributed by atoms with van der Waals surface area (Å²) in [6, 6.07) is 6.04. The van der Waals surface area contributed by atoms with E-state index in [1.165, 1.54) is 17.5 Å². The van der Waals surface area contributed by atoms with Gasteiger partial charge in [0.25, 0.3) is 5.91 Å². The molecule has 0 bridgehead atoms. The molecule has 0 fully saturated rings. The molecule has 116 valence electrons. The molecule has 2 atom stereocenters. The van der Waals surface area contributed by atoms with Crippen LogP contribution in [0.2, 0.25) is 0 Å². The van der Waals surface area contributed by atoms with E-state index < -0.39 is 6.10 Å². The van der Waals surface area contributed by atoms with Crippen LogP contribution in [0, 0.1) is 5.92 Å². The SMILES string of the molecule is CCC(C)C(O)CNC(=O)COc1ccc2c(c1)CCC2. The largest absolute Gasteiger partial charge is 0.484 e. The van der Waals surface area contributed by atoms with Gasteiger partial charge >= 0.3 is 0 Å². The second-order valence-corrected chi connectivity index (χ2v) is 5.83. The van der Waals surface area contributed by atoms with Crippen molar-refractivity contribution in [2.75, 3.05) is 13.2 Å². The van der Waals surface area contributed by atoms with Crippen LogP contribution in [0.25, 0.3) is 0 Å². The van der Waals surface area contributed by atoms with E-state index in [0.29, 0.717) is 0 Å². The topological polar surface area (TPSA) is 58.6 Å². The van der Waals surface area contributed by atoms with Crippen LogP contribution in [0.1, 0.15) is 37.8 Å². The van der Waals surface area contributed by atoms with Gasteiger partial charge in [-0.2, -0.15) is 0 Å². The Morgan fingerprint density at radius 1 is 1.38 bits per heavy atom. The highest BCUT2D eigenvalue weighted by molar-refractivity contribution is 5.77. The maximum absolute atomic E-state index is 11.7. The highest BCUT2D eigenvalue weighted by atomic mass is 16.5. The summed E-state index contributed by atoms with van der Waals surface area (Å²) < 4.78 is 5.52. The van der Waals surface area contributed by atoms with E-state index in [4.69, 9.17) is 4.74 Å². The van der Waals surface area contributed by atoms with Crippen molar-refractivity contribution in [3.63, 3.8) is 0 Å². The minimum atomic E-state index is -0.501. The van der Waals surface area contributed by atoms with Gasteiger partial charge in [0.15, 0.2) is 6.61 Å². The van der Waals surface area contributed by atoms with Crippen LogP contribution in [0.5, 0.6) is 5.75 Å². The van der Waals surface area contributed by atoms with Crippen LogP contribution >= 0.6 is 0 Å². The highest BCUT2D eigenvalue weighted by Gasteiger charge is 2.14. The molecule has 2 N–H and O–H groups in total. The lowest BCUT2D eigenvalue weighted by atomic mass is 10.0. The number of aliphatic hydroxyl groups is 1. The minimum Gasteiger partial charge on any atom is -0.484 e. The first-order chi connectivity index (χ1) is 10.1. The smallest absolute Gasteiger partial charge is 0.258 e. The van der Waals surface area contributed by atoms with Gasteiger partial charge in [0.2, 0.25) is 0 Å². The number of nitrogens with one attached hydrogen (secondary N) is 1. The molecule has 1 aliphatic carbocycles. The third-order valence-electron chi connectivity index (χ3n) is 4.25. The molecule has 0 saturated heterocycles. The summed E-state index contributed by atoms with van der Waals surface area (Å²) in [4.78, 5) is 11.7. The molecule has 0 spiro atoms. The molecule has 4 heteroatoms. The molecular formula is C17H25NO3. The molecule has 1 aliphatic rings. The number of rotatable bonds is 7. The van der Waals surface area contributed by atoms with Gasteiger partial charge in [0, 0.05) is 6.54 Å². The predicted molar refractivity (Wildman–Crippen MR) is 82.4 cm³/mol. The Morgan fingerprint density at radius 3 is 2.90 bits per heavy atom. The van der Waals surface area contributed by atoms with Gasteiger partial charge < -0.3 is 15.2 Å². The first-order valence-corrected chi connectivity index (χ1v) is 7.79. The zero-order valence-corrected chi connectivity index (χ0v) is 12.9. The van der Waals surface area contributed by atoms with Gasteiger partial charge in [0.1, 0.15) is 5.75 Å². The predicted octanol–water partition coefficient (Wildman–Crippen LogP) is 2.08. The molecule has 4 nitrogen and oxygen atoms in total. The van der Waals surface area contributed by atoms with Crippen LogP contribution in [0.3, 0.4) is 0 Å². The van der Waals surface area contributed by atoms with Crippen molar-refractivity contribution in [2.24, 2.45) is 5.92 Å². The summed E-state index contributed by atoms with van der Waals surface area (Å²) in [5.74, 6) is 0.731. The van der Waals surface area contributed by atoms with E-state index in [1.807, 2.05) is 26.0 Å². The summed E-state index contributed by atoms with van der Waals surface area (Å²) in [6.45, 7) is 4.26. The van der Waals surface area contributed by atoms with Crippen molar-refractivity contribution in [3.05, 3.63) is 29.3 Å². The fourth-order valence-corrected chi connectivity index (χ4v) is 2.53. The molecule has 0 heterocycles. The van der Waals surface area contributed by atoms with Crippen molar-refractivity contribution in [1.29, 1.82) is 0 Å². The average molecular weight is 291 g/mol. The number of amides is 1. The van der Waals surface area contributed by atoms with Crippen LogP contribution in [-0.4, -0.2) is 30.3 Å². The van der Waals surface area contributed by atoms with E-state index in [2.05, 4.69) is 11.4 Å². The first kappa shape index (κ1) is 15.8. The number of fused-ring (bicyclic) bond motifs is 1. The molecular weight excluding hydrogens is 266 g/mol. The Kier molecular flexibility index (Phi) is 5.62. The van der Waals surface area contributed by atoms with Crippen molar-refractivity contribution < 1.29 is 14.6 Å². The van der Waals surface area contributed by atoms with E-state index in [-0.39, 0.29) is 25.0 Å². The van der Waals surface area contributed by atoms with Crippen molar-refractivity contribution in [3.8, 4) is 5.75 Å². The lowest BCUT2D eigenvalue weighted by Gasteiger charge is -2.17. The van der Waals surface area contributed by atoms with E-state index in [9.17, 15) is 9.90 Å². The van der Waals surface area contributed by atoms with Gasteiger partial charge in [-0.05, 0) is 48.4 Å². The van der Waals surface area contributed by atoms with Gasteiger partial charge in [-0.15, -0.1) is 0 Å². The number of aliphatic hydroxyl groups excluding tert-OH is 1. The molecule has 0 radical (unpaired) electrons. The minimum absolute atomic E-state index is 0.00792. The number of benzene rings is 1. The van der Waals surface area contributed by atoms with Crippen molar-refractivity contribution in [1.82, 2.24) is 5.32 Å². The summed E-state index contributed by atoms with van der Waals surface area (Å²) in [5.41, 5.74) is 2.73. The zero-order valence-electron chi connectivity index (χ0n) is 12.9. The second kappa shape index (κ2) is 7.46. The molecule has 0 aliphatic heterocycles. The van der Waals surface area contributed by atoms with Crippen LogP contribution < -0.4 is 10.1 Å². The summed E-state index contributed by atoms with van der Waals surface area (Å²) in [5, 5.41) is 12.5. The lowest BCUT2D eigenvalue weighted by Crippen LogP contribution is -2.37. The lowest BCUT2D eigenvalue weighted by molar-refractivity contribution is -0.123. The summed E-state index contributed by atoms with van der Waals surface area (Å²) in [7, 11) is 0. The molecule has 1 aromatic carbocycles. The van der Waals surface area contributed by atoms with Crippen LogP contribution in [-0.2, 0) is 17.6 Å². The molecule has 21 heavy (non-hydrogen) atoms. The molecule has 2 rings (SSSR count). The van der Waals surface area contributed by atoms with Crippen LogP contribution in [0.4, 0.5) is 0 Å². The second-order valence-electron chi connectivity index (χ2n) is 5.83. The number of hydrogen-bond donors (Lipinski definition) is 2. The summed E-state index contributed by atoms with van der Waals surface area (Å²) >= 11 is 0. The first-order valence-electron chi connectivity index (χ1n) is 7.79. The Labute approximate surface area is 126 Å². The quantitative estimate of drug-likeness (QED) is 0.808. The number of ether oxygens (including phenoxy) is 1. The Morgan fingerprint density at radius 2 is 2.14 bits per heavy atom. The van der Waals surface area contributed by atoms with Gasteiger partial charge in [-0.1, -0.05) is 26.3 Å². The standard InChI is InChI=1S/C17H25NO3/c1-3-12(2)16(19)10-18-17(20)11-21-15-8-7-13-5-4-6-14(13)9-15/h7-9,12,16,19H,3-6,10-11H2,1-2H3,(H,18,20). The maximum atomic E-state index is 11.7. The average Bonchev–Trinajstić information content (AvgIpc) is 2.97. The number of carbonyl (C=O) groups excluding carboxylic acids is 1. The molecule has 1 amide bonds. The Bertz CT molecular complexity index is 487. The summed E-state index contributed by atoms with van der Waals surface area (Å²) in [6.07, 6.45) is 3.83. The van der Waals surface area contributed by atoms with Gasteiger partial charge in [-0.25, -0.2) is 0 Å². The van der Waals surface area contributed by atoms with Crippen LogP contribution in [0.15, 0.2) is 18.2 Å². The number of aryl methyl sites for hydroxylation is 2. The van der Waals surface area contributed by atoms with Crippen molar-refractivity contribution >= 4 is 5.91 Å². The normalized spacial score (nSPS) is 16.1. The highest BCUT2D eigenvalue weighted by Crippen LogP contribution is 2.25. The zero-order chi connectivity index (χ0) is 15.2. The Hall–Kier alpha value is -1.55. The number of hydrogen-bond acceptors (Lipinski definition) is 3. The van der Waals surface area contributed by atoms with Gasteiger partial charge in [0.05, 0.1) is 6.10 Å². The van der Waals surface area contributed by atoms with E-state index in [1.54, 1.807) is 0 Å². The molecule has 0 saturated carbocycles. The molecule has 2 unspecified atom stereocenters. The van der Waals surface area contributed by atoms with Gasteiger partial charge in [-0.3, -0.25) is 4.79 Å². The van der Waals surface area contributed by atoms with E-state index in [0.717, 1.165) is 25.0 Å². The third-order valence-corrected chi connectivity index (χ3v) is 4.25. The molecule has 0 aromatic heterocycles. The maximum Gasteiger partial charge on any atom is 0.258 e. The fourth-order valence-electron chi connectivity index (χ4n) is 2.53. The fraction of sp³-hybridized carbons (Fsp3) is 0.588. The molecule has 1 aromatic rings. The number of carbonyl (C=O) groups is 1. The van der Waals surface area contributed by atoms with Crippen molar-refractivity contribution in [2.45, 2.75) is 45.6 Å². The third kappa shape index (κ3) is 4.46.